The Labute approximate surface area is 64.3 Å². The first-order valence-corrected chi connectivity index (χ1v) is 4.34. The van der Waals surface area contributed by atoms with Gasteiger partial charge < -0.3 is 0 Å². The van der Waals surface area contributed by atoms with E-state index in [1.54, 1.807) is 0 Å². The van der Waals surface area contributed by atoms with Gasteiger partial charge in [-0.05, 0) is 30.6 Å². The minimum atomic E-state index is 0.815. The zero-order valence-corrected chi connectivity index (χ0v) is 7.35. The van der Waals surface area contributed by atoms with Crippen LogP contribution in [0.15, 0.2) is 12.2 Å². The van der Waals surface area contributed by atoms with Gasteiger partial charge in [-0.1, -0.05) is 32.9 Å². The van der Waals surface area contributed by atoms with Crippen molar-refractivity contribution in [1.29, 1.82) is 0 Å². The van der Waals surface area contributed by atoms with Gasteiger partial charge in [0.2, 0.25) is 0 Å². The Bertz CT molecular complexity index is 135. The van der Waals surface area contributed by atoms with Crippen LogP contribution in [0.5, 0.6) is 0 Å². The minimum Gasteiger partial charge on any atom is -0.0996 e. The van der Waals surface area contributed by atoms with E-state index in [4.69, 9.17) is 0 Å². The van der Waals surface area contributed by atoms with Crippen LogP contribution >= 0.6 is 0 Å². The topological polar surface area (TPSA) is 0 Å². The molecule has 1 aliphatic carbocycles. The molecule has 0 radical (unpaired) electrons. The van der Waals surface area contributed by atoms with Gasteiger partial charge in [-0.2, -0.15) is 0 Å². The zero-order chi connectivity index (χ0) is 7.72. The van der Waals surface area contributed by atoms with Crippen LogP contribution in [0.1, 0.15) is 33.6 Å². The number of hydrogen-bond acceptors (Lipinski definition) is 0. The second-order valence-electron chi connectivity index (χ2n) is 3.71. The lowest BCUT2D eigenvalue weighted by atomic mass is 9.90. The normalized spacial score (nSPS) is 40.7. The molecule has 0 spiro atoms. The molecule has 0 aliphatic heterocycles. The molecule has 0 aromatic rings. The van der Waals surface area contributed by atoms with Crippen LogP contribution < -0.4 is 0 Å². The number of hydrogen-bond donors (Lipinski definition) is 0. The van der Waals surface area contributed by atoms with Crippen molar-refractivity contribution in [2.75, 3.05) is 0 Å². The maximum Gasteiger partial charge on any atom is -0.0180 e. The smallest absolute Gasteiger partial charge is 0.0180 e. The summed E-state index contributed by atoms with van der Waals surface area (Å²) in [6, 6.07) is 0. The highest BCUT2D eigenvalue weighted by Gasteiger charge is 2.30. The van der Waals surface area contributed by atoms with Gasteiger partial charge in [0.1, 0.15) is 0 Å². The van der Waals surface area contributed by atoms with Gasteiger partial charge in [-0.15, -0.1) is 0 Å². The minimum absolute atomic E-state index is 0.815. The van der Waals surface area contributed by atoms with Crippen molar-refractivity contribution in [1.82, 2.24) is 0 Å². The van der Waals surface area contributed by atoms with Gasteiger partial charge in [0.15, 0.2) is 0 Å². The van der Waals surface area contributed by atoms with E-state index in [1.807, 2.05) is 0 Å². The molecule has 0 aromatic heterocycles. The van der Waals surface area contributed by atoms with Crippen LogP contribution in [0.3, 0.4) is 0 Å². The monoisotopic (exact) mass is 138 g/mol. The van der Waals surface area contributed by atoms with Gasteiger partial charge >= 0.3 is 0 Å². The molecule has 0 bridgehead atoms. The summed E-state index contributed by atoms with van der Waals surface area (Å²) in [6.45, 7) is 11.1. The molecule has 1 saturated carbocycles. The van der Waals surface area contributed by atoms with Crippen LogP contribution in [0.2, 0.25) is 0 Å². The SMILES string of the molecule is C=C1CC(C)C(C)C1CC. The van der Waals surface area contributed by atoms with Crippen LogP contribution in [0.4, 0.5) is 0 Å². The van der Waals surface area contributed by atoms with E-state index >= 15 is 0 Å². The van der Waals surface area contributed by atoms with Crippen molar-refractivity contribution in [3.63, 3.8) is 0 Å². The van der Waals surface area contributed by atoms with Crippen molar-refractivity contribution in [2.45, 2.75) is 33.6 Å². The van der Waals surface area contributed by atoms with Gasteiger partial charge in [0.05, 0.1) is 0 Å². The van der Waals surface area contributed by atoms with Gasteiger partial charge in [-0.25, -0.2) is 0 Å². The molecule has 1 fully saturated rings. The van der Waals surface area contributed by atoms with Crippen molar-refractivity contribution in [2.24, 2.45) is 17.8 Å². The molecule has 0 heterocycles. The Morgan fingerprint density at radius 1 is 1.50 bits per heavy atom. The second kappa shape index (κ2) is 2.77. The van der Waals surface area contributed by atoms with Gasteiger partial charge in [0, 0.05) is 0 Å². The summed E-state index contributed by atoms with van der Waals surface area (Å²) in [5.41, 5.74) is 1.49. The van der Waals surface area contributed by atoms with Crippen molar-refractivity contribution in [3.8, 4) is 0 Å². The van der Waals surface area contributed by atoms with E-state index in [1.165, 1.54) is 18.4 Å². The molecule has 58 valence electrons. The summed E-state index contributed by atoms with van der Waals surface area (Å²) in [4.78, 5) is 0. The van der Waals surface area contributed by atoms with Crippen LogP contribution in [0.25, 0.3) is 0 Å². The van der Waals surface area contributed by atoms with E-state index in [2.05, 4.69) is 27.4 Å². The van der Waals surface area contributed by atoms with E-state index in [-0.39, 0.29) is 0 Å². The summed E-state index contributed by atoms with van der Waals surface area (Å²) in [5.74, 6) is 2.56. The molecule has 0 amide bonds. The van der Waals surface area contributed by atoms with Crippen molar-refractivity contribution < 1.29 is 0 Å². The first kappa shape index (κ1) is 7.84. The predicted molar refractivity (Wildman–Crippen MR) is 45.9 cm³/mol. The Kier molecular flexibility index (Phi) is 2.18. The molecule has 1 aliphatic rings. The quantitative estimate of drug-likeness (QED) is 0.488. The van der Waals surface area contributed by atoms with E-state index in [9.17, 15) is 0 Å². The third-order valence-corrected chi connectivity index (χ3v) is 3.08. The maximum atomic E-state index is 4.11. The molecule has 1 rings (SSSR count). The predicted octanol–water partition coefficient (Wildman–Crippen LogP) is 3.24. The fraction of sp³-hybridized carbons (Fsp3) is 0.800. The van der Waals surface area contributed by atoms with E-state index < -0.39 is 0 Å². The average Bonchev–Trinajstić information content (AvgIpc) is 2.09. The highest BCUT2D eigenvalue weighted by atomic mass is 14.4. The van der Waals surface area contributed by atoms with Gasteiger partial charge in [-0.3, -0.25) is 0 Å². The van der Waals surface area contributed by atoms with E-state index in [0.717, 1.165) is 17.8 Å². The standard InChI is InChI=1S/C10H18/c1-5-10-8(3)6-7(2)9(10)4/h7,9-10H,3,5-6H2,1-2,4H3. The third-order valence-electron chi connectivity index (χ3n) is 3.08. The molecule has 0 aromatic carbocycles. The Hall–Kier alpha value is -0.260. The molecule has 3 unspecified atom stereocenters. The molecule has 0 nitrogen and oxygen atoms in total. The molecular weight excluding hydrogens is 120 g/mol. The molecule has 10 heavy (non-hydrogen) atoms. The van der Waals surface area contributed by atoms with Crippen LogP contribution in [-0.2, 0) is 0 Å². The fourth-order valence-corrected chi connectivity index (χ4v) is 2.18. The highest BCUT2D eigenvalue weighted by molar-refractivity contribution is 5.09. The average molecular weight is 138 g/mol. The molecule has 0 N–H and O–H groups in total. The lowest BCUT2D eigenvalue weighted by Crippen LogP contribution is -2.07. The molecular formula is C10H18. The van der Waals surface area contributed by atoms with E-state index in [0.29, 0.717) is 0 Å². The molecule has 3 atom stereocenters. The second-order valence-corrected chi connectivity index (χ2v) is 3.71. The van der Waals surface area contributed by atoms with Crippen LogP contribution in [-0.4, -0.2) is 0 Å². The fourth-order valence-electron chi connectivity index (χ4n) is 2.18. The van der Waals surface area contributed by atoms with Crippen molar-refractivity contribution >= 4 is 0 Å². The summed E-state index contributed by atoms with van der Waals surface area (Å²) < 4.78 is 0. The summed E-state index contributed by atoms with van der Waals surface area (Å²) in [7, 11) is 0. The lowest BCUT2D eigenvalue weighted by Gasteiger charge is -2.15. The first-order chi connectivity index (χ1) is 4.66. The third kappa shape index (κ3) is 1.12. The zero-order valence-electron chi connectivity index (χ0n) is 7.35. The Morgan fingerprint density at radius 3 is 2.30 bits per heavy atom. The van der Waals surface area contributed by atoms with Gasteiger partial charge in [0.25, 0.3) is 0 Å². The summed E-state index contributed by atoms with van der Waals surface area (Å²) >= 11 is 0. The molecule has 0 heteroatoms. The largest absolute Gasteiger partial charge is 0.0996 e. The first-order valence-electron chi connectivity index (χ1n) is 4.34. The highest BCUT2D eigenvalue weighted by Crippen LogP contribution is 2.41. The number of rotatable bonds is 1. The summed E-state index contributed by atoms with van der Waals surface area (Å²) in [6.07, 6.45) is 2.55. The Morgan fingerprint density at radius 2 is 2.10 bits per heavy atom. The number of allylic oxidation sites excluding steroid dienone is 1. The lowest BCUT2D eigenvalue weighted by molar-refractivity contribution is 0.364. The Balaban J connectivity index is 2.64. The van der Waals surface area contributed by atoms with Crippen LogP contribution in [0, 0.1) is 17.8 Å². The van der Waals surface area contributed by atoms with Crippen molar-refractivity contribution in [3.05, 3.63) is 12.2 Å². The summed E-state index contributed by atoms with van der Waals surface area (Å²) in [5, 5.41) is 0. The maximum absolute atomic E-state index is 4.11. The molecule has 0 saturated heterocycles.